The van der Waals surface area contributed by atoms with Crippen LogP contribution < -0.4 is 11.1 Å². The zero-order valence-corrected chi connectivity index (χ0v) is 10.5. The highest BCUT2D eigenvalue weighted by Crippen LogP contribution is 2.17. The van der Waals surface area contributed by atoms with Crippen molar-refractivity contribution in [2.24, 2.45) is 5.73 Å². The molecule has 6 nitrogen and oxygen atoms in total. The van der Waals surface area contributed by atoms with E-state index in [1.807, 2.05) is 0 Å². The normalized spacial score (nSPS) is 10.1. The summed E-state index contributed by atoms with van der Waals surface area (Å²) in [5.41, 5.74) is 5.89. The smallest absolute Gasteiger partial charge is 0.286 e. The Kier molecular flexibility index (Phi) is 3.54. The van der Waals surface area contributed by atoms with Crippen molar-refractivity contribution in [1.29, 1.82) is 0 Å². The van der Waals surface area contributed by atoms with E-state index < -0.39 is 11.8 Å². The summed E-state index contributed by atoms with van der Waals surface area (Å²) in [6.07, 6.45) is 0. The number of anilines is 1. The minimum Gasteiger partial charge on any atom is -0.366 e. The standard InChI is InChI=1S/C10H7ClN4O2S/c11-10-15-14-9(18-10)8(17)13-6-3-1-2-5(4-6)7(12)16/h1-4H,(H2,12,16)(H,13,17). The Bertz CT molecular complexity index is 613. The highest BCUT2D eigenvalue weighted by Gasteiger charge is 2.12. The summed E-state index contributed by atoms with van der Waals surface area (Å²) in [5, 5.41) is 9.84. The van der Waals surface area contributed by atoms with Crippen molar-refractivity contribution in [3.8, 4) is 0 Å². The van der Waals surface area contributed by atoms with E-state index in [1.165, 1.54) is 6.07 Å². The van der Waals surface area contributed by atoms with Gasteiger partial charge in [-0.3, -0.25) is 9.59 Å². The quantitative estimate of drug-likeness (QED) is 0.892. The van der Waals surface area contributed by atoms with Gasteiger partial charge in [0.2, 0.25) is 15.4 Å². The van der Waals surface area contributed by atoms with Gasteiger partial charge in [0, 0.05) is 11.3 Å². The van der Waals surface area contributed by atoms with Gasteiger partial charge >= 0.3 is 0 Å². The molecule has 2 aromatic rings. The van der Waals surface area contributed by atoms with Gasteiger partial charge in [0.25, 0.3) is 5.91 Å². The van der Waals surface area contributed by atoms with Crippen molar-refractivity contribution >= 4 is 40.4 Å². The summed E-state index contributed by atoms with van der Waals surface area (Å²) in [6.45, 7) is 0. The van der Waals surface area contributed by atoms with E-state index in [2.05, 4.69) is 15.5 Å². The van der Waals surface area contributed by atoms with E-state index in [9.17, 15) is 9.59 Å². The number of hydrogen-bond donors (Lipinski definition) is 2. The monoisotopic (exact) mass is 282 g/mol. The Morgan fingerprint density at radius 3 is 2.72 bits per heavy atom. The number of carbonyl (C=O) groups is 2. The molecule has 0 aliphatic heterocycles. The predicted octanol–water partition coefficient (Wildman–Crippen LogP) is 1.54. The van der Waals surface area contributed by atoms with E-state index in [1.54, 1.807) is 18.2 Å². The number of carbonyl (C=O) groups excluding carboxylic acids is 2. The van der Waals surface area contributed by atoms with Crippen LogP contribution in [0.5, 0.6) is 0 Å². The average Bonchev–Trinajstić information content (AvgIpc) is 2.76. The molecule has 3 N–H and O–H groups in total. The topological polar surface area (TPSA) is 98.0 Å². The first kappa shape index (κ1) is 12.5. The van der Waals surface area contributed by atoms with Crippen LogP contribution >= 0.6 is 22.9 Å². The van der Waals surface area contributed by atoms with Gasteiger partial charge in [0.15, 0.2) is 0 Å². The molecule has 0 radical (unpaired) electrons. The first-order valence-electron chi connectivity index (χ1n) is 4.76. The molecule has 2 amide bonds. The molecule has 0 atom stereocenters. The summed E-state index contributed by atoms with van der Waals surface area (Å²) >= 11 is 6.54. The minimum atomic E-state index is -0.565. The third-order valence-corrected chi connectivity index (χ3v) is 3.02. The maximum Gasteiger partial charge on any atom is 0.286 e. The first-order valence-corrected chi connectivity index (χ1v) is 5.96. The molecule has 2 rings (SSSR count). The van der Waals surface area contributed by atoms with E-state index >= 15 is 0 Å². The second-order valence-electron chi connectivity index (χ2n) is 3.26. The van der Waals surface area contributed by atoms with Gasteiger partial charge in [0.05, 0.1) is 0 Å². The fraction of sp³-hybridized carbons (Fsp3) is 0. The van der Waals surface area contributed by atoms with Crippen LogP contribution in [0.4, 0.5) is 5.69 Å². The number of aromatic nitrogens is 2. The highest BCUT2D eigenvalue weighted by molar-refractivity contribution is 7.17. The van der Waals surface area contributed by atoms with Crippen LogP contribution in [0.1, 0.15) is 20.2 Å². The molecule has 0 saturated carbocycles. The van der Waals surface area contributed by atoms with Crippen molar-refractivity contribution < 1.29 is 9.59 Å². The van der Waals surface area contributed by atoms with Gasteiger partial charge in [-0.05, 0) is 29.8 Å². The van der Waals surface area contributed by atoms with Crippen LogP contribution in [0, 0.1) is 0 Å². The second-order valence-corrected chi connectivity index (χ2v) is 4.82. The fourth-order valence-corrected chi connectivity index (χ4v) is 1.96. The van der Waals surface area contributed by atoms with Crippen LogP contribution in [0.3, 0.4) is 0 Å². The van der Waals surface area contributed by atoms with Crippen LogP contribution in [-0.4, -0.2) is 22.0 Å². The van der Waals surface area contributed by atoms with Gasteiger partial charge in [-0.15, -0.1) is 10.2 Å². The van der Waals surface area contributed by atoms with E-state index in [0.717, 1.165) is 11.3 Å². The molecular weight excluding hydrogens is 276 g/mol. The van der Waals surface area contributed by atoms with Crippen molar-refractivity contribution in [3.05, 3.63) is 39.3 Å². The minimum absolute atomic E-state index is 0.143. The maximum absolute atomic E-state index is 11.7. The predicted molar refractivity (Wildman–Crippen MR) is 67.8 cm³/mol. The lowest BCUT2D eigenvalue weighted by atomic mass is 10.2. The van der Waals surface area contributed by atoms with Crippen molar-refractivity contribution in [2.75, 3.05) is 5.32 Å². The average molecular weight is 283 g/mol. The molecule has 1 aromatic heterocycles. The number of benzene rings is 1. The number of hydrogen-bond acceptors (Lipinski definition) is 5. The van der Waals surface area contributed by atoms with Crippen molar-refractivity contribution in [1.82, 2.24) is 10.2 Å². The Morgan fingerprint density at radius 2 is 2.11 bits per heavy atom. The lowest BCUT2D eigenvalue weighted by Gasteiger charge is -2.03. The summed E-state index contributed by atoms with van der Waals surface area (Å²) in [6, 6.07) is 6.28. The lowest BCUT2D eigenvalue weighted by Crippen LogP contribution is -2.14. The SMILES string of the molecule is NC(=O)c1cccc(NC(=O)c2nnc(Cl)s2)c1. The number of primary amides is 1. The summed E-state index contributed by atoms with van der Waals surface area (Å²) < 4.78 is 0.186. The fourth-order valence-electron chi connectivity index (χ4n) is 1.23. The molecule has 0 unspecified atom stereocenters. The molecule has 1 heterocycles. The summed E-state index contributed by atoms with van der Waals surface area (Å²) in [7, 11) is 0. The van der Waals surface area contributed by atoms with Crippen LogP contribution in [0.15, 0.2) is 24.3 Å². The molecule has 92 valence electrons. The Balaban J connectivity index is 2.16. The molecule has 0 saturated heterocycles. The summed E-state index contributed by atoms with van der Waals surface area (Å²) in [5.74, 6) is -1.01. The number of nitrogens with two attached hydrogens (primary N) is 1. The van der Waals surface area contributed by atoms with Gasteiger partial charge in [0.1, 0.15) is 0 Å². The molecule has 8 heteroatoms. The van der Waals surface area contributed by atoms with Crippen molar-refractivity contribution in [2.45, 2.75) is 0 Å². The third kappa shape index (κ3) is 2.82. The molecule has 0 aliphatic carbocycles. The van der Waals surface area contributed by atoms with Gasteiger partial charge in [-0.1, -0.05) is 17.4 Å². The molecule has 1 aromatic carbocycles. The Labute approximate surface area is 111 Å². The highest BCUT2D eigenvalue weighted by atomic mass is 35.5. The molecular formula is C10H7ClN4O2S. The largest absolute Gasteiger partial charge is 0.366 e. The molecule has 18 heavy (non-hydrogen) atoms. The second kappa shape index (κ2) is 5.11. The van der Waals surface area contributed by atoms with Gasteiger partial charge < -0.3 is 11.1 Å². The van der Waals surface area contributed by atoms with Crippen LogP contribution in [0.25, 0.3) is 0 Å². The molecule has 0 spiro atoms. The number of halogens is 1. The molecule has 0 aliphatic rings. The van der Waals surface area contributed by atoms with Gasteiger partial charge in [-0.2, -0.15) is 0 Å². The van der Waals surface area contributed by atoms with Crippen LogP contribution in [-0.2, 0) is 0 Å². The maximum atomic E-state index is 11.7. The zero-order chi connectivity index (χ0) is 13.1. The van der Waals surface area contributed by atoms with E-state index in [4.69, 9.17) is 17.3 Å². The number of nitrogens with zero attached hydrogens (tertiary/aromatic N) is 2. The zero-order valence-electron chi connectivity index (χ0n) is 8.88. The van der Waals surface area contributed by atoms with E-state index in [0.29, 0.717) is 11.3 Å². The molecule has 0 bridgehead atoms. The number of amides is 2. The number of rotatable bonds is 3. The van der Waals surface area contributed by atoms with Gasteiger partial charge in [-0.25, -0.2) is 0 Å². The first-order chi connectivity index (χ1) is 8.56. The lowest BCUT2D eigenvalue weighted by molar-refractivity contribution is 0.0996. The van der Waals surface area contributed by atoms with Crippen LogP contribution in [0.2, 0.25) is 4.47 Å². The summed E-state index contributed by atoms with van der Waals surface area (Å²) in [4.78, 5) is 22.7. The number of nitrogens with one attached hydrogen (secondary N) is 1. The Hall–Kier alpha value is -1.99. The molecule has 0 fully saturated rings. The third-order valence-electron chi connectivity index (χ3n) is 2.00. The Morgan fingerprint density at radius 1 is 1.33 bits per heavy atom. The van der Waals surface area contributed by atoms with Crippen molar-refractivity contribution in [3.63, 3.8) is 0 Å². The van der Waals surface area contributed by atoms with E-state index in [-0.39, 0.29) is 9.47 Å².